The van der Waals surface area contributed by atoms with Crippen LogP contribution in [0.4, 0.5) is 0 Å². The fourth-order valence-corrected chi connectivity index (χ4v) is 2.68. The summed E-state index contributed by atoms with van der Waals surface area (Å²) in [6, 6.07) is 14.7. The Kier molecular flexibility index (Phi) is 5.05. The normalized spacial score (nSPS) is 10.5. The summed E-state index contributed by atoms with van der Waals surface area (Å²) < 4.78 is 10.3. The molecule has 0 bridgehead atoms. The van der Waals surface area contributed by atoms with Crippen LogP contribution in [0.15, 0.2) is 53.1 Å². The number of nitrogens with zero attached hydrogens (tertiary/aromatic N) is 1. The molecule has 0 atom stereocenters. The number of methoxy groups -OCH3 is 1. The number of carbonyl (C=O) groups is 1. The van der Waals surface area contributed by atoms with Crippen LogP contribution in [0.5, 0.6) is 5.75 Å². The Morgan fingerprint density at radius 3 is 2.68 bits per heavy atom. The lowest BCUT2D eigenvalue weighted by Crippen LogP contribution is -2.23. The van der Waals surface area contributed by atoms with E-state index >= 15 is 0 Å². The molecule has 3 aromatic rings. The van der Waals surface area contributed by atoms with Crippen molar-refractivity contribution in [3.63, 3.8) is 0 Å². The lowest BCUT2D eigenvalue weighted by atomic mass is 10.1. The van der Waals surface area contributed by atoms with Crippen LogP contribution in [-0.2, 0) is 6.54 Å². The van der Waals surface area contributed by atoms with E-state index in [0.29, 0.717) is 28.6 Å². The summed E-state index contributed by atoms with van der Waals surface area (Å²) >= 11 is 6.03. The van der Waals surface area contributed by atoms with Gasteiger partial charge >= 0.3 is 0 Å². The van der Waals surface area contributed by atoms with Crippen molar-refractivity contribution in [2.45, 2.75) is 13.5 Å². The monoisotopic (exact) mass is 356 g/mol. The summed E-state index contributed by atoms with van der Waals surface area (Å²) in [5, 5.41) is 7.48. The molecule has 0 fully saturated rings. The Morgan fingerprint density at radius 1 is 1.24 bits per heavy atom. The predicted octanol–water partition coefficient (Wildman–Crippen LogP) is 4.24. The zero-order chi connectivity index (χ0) is 17.8. The molecule has 1 N–H and O–H groups in total. The van der Waals surface area contributed by atoms with Crippen molar-refractivity contribution < 1.29 is 14.1 Å². The first-order chi connectivity index (χ1) is 12.1. The van der Waals surface area contributed by atoms with Gasteiger partial charge < -0.3 is 14.6 Å². The first-order valence-corrected chi connectivity index (χ1v) is 8.09. The van der Waals surface area contributed by atoms with Gasteiger partial charge in [-0.15, -0.1) is 0 Å². The topological polar surface area (TPSA) is 64.4 Å². The van der Waals surface area contributed by atoms with Crippen LogP contribution < -0.4 is 10.1 Å². The highest BCUT2D eigenvalue weighted by Gasteiger charge is 2.21. The van der Waals surface area contributed by atoms with Gasteiger partial charge in [0, 0.05) is 17.1 Å². The Morgan fingerprint density at radius 2 is 2.00 bits per heavy atom. The SMILES string of the molecule is COc1ccc(CNC(=O)c2c(-c3cccc(Cl)c3)noc2C)cc1. The minimum absolute atomic E-state index is 0.246. The summed E-state index contributed by atoms with van der Waals surface area (Å²) in [5.41, 5.74) is 2.59. The molecule has 128 valence electrons. The molecule has 0 saturated carbocycles. The number of amides is 1. The van der Waals surface area contributed by atoms with Gasteiger partial charge in [-0.1, -0.05) is 41.0 Å². The maximum Gasteiger partial charge on any atom is 0.257 e. The Bertz CT molecular complexity index is 888. The average Bonchev–Trinajstić information content (AvgIpc) is 3.02. The molecule has 25 heavy (non-hydrogen) atoms. The van der Waals surface area contributed by atoms with Crippen molar-refractivity contribution in [1.29, 1.82) is 0 Å². The van der Waals surface area contributed by atoms with Crippen LogP contribution in [0.3, 0.4) is 0 Å². The molecular weight excluding hydrogens is 340 g/mol. The van der Waals surface area contributed by atoms with Gasteiger partial charge in [-0.3, -0.25) is 4.79 Å². The number of rotatable bonds is 5. The summed E-state index contributed by atoms with van der Waals surface area (Å²) in [4.78, 5) is 12.6. The zero-order valence-corrected chi connectivity index (χ0v) is 14.6. The fourth-order valence-electron chi connectivity index (χ4n) is 2.49. The number of halogens is 1. The Hall–Kier alpha value is -2.79. The maximum atomic E-state index is 12.6. The first kappa shape index (κ1) is 17.0. The van der Waals surface area contributed by atoms with E-state index < -0.39 is 0 Å². The molecule has 6 heteroatoms. The third-order valence-electron chi connectivity index (χ3n) is 3.80. The van der Waals surface area contributed by atoms with Gasteiger partial charge in [-0.25, -0.2) is 0 Å². The molecule has 1 heterocycles. The first-order valence-electron chi connectivity index (χ1n) is 7.72. The standard InChI is InChI=1S/C19H17ClN2O3/c1-12-17(18(22-25-12)14-4-3-5-15(20)10-14)19(23)21-11-13-6-8-16(24-2)9-7-13/h3-10H,11H2,1-2H3,(H,21,23). The molecule has 1 aromatic heterocycles. The molecule has 0 aliphatic carbocycles. The molecule has 0 aliphatic rings. The van der Waals surface area contributed by atoms with Gasteiger partial charge in [0.05, 0.1) is 7.11 Å². The second kappa shape index (κ2) is 7.40. The van der Waals surface area contributed by atoms with E-state index in [1.54, 1.807) is 32.2 Å². The van der Waals surface area contributed by atoms with Gasteiger partial charge in [0.1, 0.15) is 22.8 Å². The molecule has 0 unspecified atom stereocenters. The van der Waals surface area contributed by atoms with Crippen molar-refractivity contribution in [3.8, 4) is 17.0 Å². The second-order valence-corrected chi connectivity index (χ2v) is 5.94. The lowest BCUT2D eigenvalue weighted by Gasteiger charge is -2.07. The van der Waals surface area contributed by atoms with Crippen molar-refractivity contribution in [2.75, 3.05) is 7.11 Å². The van der Waals surface area contributed by atoms with Crippen molar-refractivity contribution in [1.82, 2.24) is 10.5 Å². The molecule has 0 radical (unpaired) electrons. The number of ether oxygens (including phenoxy) is 1. The molecule has 0 spiro atoms. The number of aromatic nitrogens is 1. The van der Waals surface area contributed by atoms with Crippen LogP contribution >= 0.6 is 11.6 Å². The fraction of sp³-hybridized carbons (Fsp3) is 0.158. The smallest absolute Gasteiger partial charge is 0.257 e. The van der Waals surface area contributed by atoms with E-state index in [1.165, 1.54) is 0 Å². The van der Waals surface area contributed by atoms with Gasteiger partial charge in [0.2, 0.25) is 0 Å². The maximum absolute atomic E-state index is 12.6. The van der Waals surface area contributed by atoms with E-state index in [-0.39, 0.29) is 5.91 Å². The van der Waals surface area contributed by atoms with Crippen molar-refractivity contribution in [3.05, 3.63) is 70.4 Å². The minimum atomic E-state index is -0.246. The molecule has 3 rings (SSSR count). The largest absolute Gasteiger partial charge is 0.497 e. The van der Waals surface area contributed by atoms with E-state index in [4.69, 9.17) is 20.9 Å². The Balaban J connectivity index is 1.79. The minimum Gasteiger partial charge on any atom is -0.497 e. The summed E-state index contributed by atoms with van der Waals surface area (Å²) in [6.07, 6.45) is 0. The van der Waals surface area contributed by atoms with Crippen LogP contribution in [0, 0.1) is 6.92 Å². The molecule has 0 saturated heterocycles. The molecule has 2 aromatic carbocycles. The number of aryl methyl sites for hydroxylation is 1. The highest BCUT2D eigenvalue weighted by Crippen LogP contribution is 2.27. The molecule has 0 aliphatic heterocycles. The highest BCUT2D eigenvalue weighted by molar-refractivity contribution is 6.30. The molecule has 1 amide bonds. The van der Waals surface area contributed by atoms with E-state index in [1.807, 2.05) is 30.3 Å². The second-order valence-electron chi connectivity index (χ2n) is 5.50. The van der Waals surface area contributed by atoms with Crippen molar-refractivity contribution in [2.24, 2.45) is 0 Å². The van der Waals surface area contributed by atoms with Crippen LogP contribution in [0.25, 0.3) is 11.3 Å². The molecular formula is C19H17ClN2O3. The van der Waals surface area contributed by atoms with Crippen LogP contribution in [0.2, 0.25) is 5.02 Å². The van der Waals surface area contributed by atoms with E-state index in [0.717, 1.165) is 16.9 Å². The third kappa shape index (κ3) is 3.83. The summed E-state index contributed by atoms with van der Waals surface area (Å²) in [6.45, 7) is 2.10. The number of hydrogen-bond donors (Lipinski definition) is 1. The summed E-state index contributed by atoms with van der Waals surface area (Å²) in [5.74, 6) is 0.986. The van der Waals surface area contributed by atoms with Gasteiger partial charge in [-0.05, 0) is 36.8 Å². The highest BCUT2D eigenvalue weighted by atomic mass is 35.5. The van der Waals surface area contributed by atoms with E-state index in [9.17, 15) is 4.79 Å². The van der Waals surface area contributed by atoms with Crippen LogP contribution in [0.1, 0.15) is 21.7 Å². The Labute approximate surface area is 150 Å². The zero-order valence-electron chi connectivity index (χ0n) is 13.9. The number of carbonyl (C=O) groups excluding carboxylic acids is 1. The average molecular weight is 357 g/mol. The predicted molar refractivity (Wildman–Crippen MR) is 95.9 cm³/mol. The number of hydrogen-bond acceptors (Lipinski definition) is 4. The lowest BCUT2D eigenvalue weighted by molar-refractivity contribution is 0.0950. The van der Waals surface area contributed by atoms with Crippen molar-refractivity contribution >= 4 is 17.5 Å². The quantitative estimate of drug-likeness (QED) is 0.742. The van der Waals surface area contributed by atoms with Gasteiger partial charge in [0.15, 0.2) is 0 Å². The van der Waals surface area contributed by atoms with E-state index in [2.05, 4.69) is 10.5 Å². The van der Waals surface area contributed by atoms with Crippen LogP contribution in [-0.4, -0.2) is 18.2 Å². The third-order valence-corrected chi connectivity index (χ3v) is 4.04. The number of nitrogens with one attached hydrogen (secondary N) is 1. The van der Waals surface area contributed by atoms with Gasteiger partial charge in [-0.2, -0.15) is 0 Å². The summed E-state index contributed by atoms with van der Waals surface area (Å²) in [7, 11) is 1.61. The number of benzene rings is 2. The van der Waals surface area contributed by atoms with Gasteiger partial charge in [0.25, 0.3) is 5.91 Å². The molecule has 5 nitrogen and oxygen atoms in total.